The predicted octanol–water partition coefficient (Wildman–Crippen LogP) is 1.52. The number of amides is 1. The summed E-state index contributed by atoms with van der Waals surface area (Å²) in [5.41, 5.74) is 1.32. The number of nitrogens with one attached hydrogen (secondary N) is 1. The molecule has 31 heavy (non-hydrogen) atoms. The van der Waals surface area contributed by atoms with Crippen LogP contribution in [0.1, 0.15) is 47.9 Å². The van der Waals surface area contributed by atoms with Gasteiger partial charge in [-0.3, -0.25) is 9.59 Å². The third-order valence-corrected chi connectivity index (χ3v) is 7.18. The van der Waals surface area contributed by atoms with Crippen molar-refractivity contribution in [1.29, 1.82) is 0 Å². The van der Waals surface area contributed by atoms with Gasteiger partial charge in [-0.2, -0.15) is 4.31 Å². The second-order valence-corrected chi connectivity index (χ2v) is 10.1. The van der Waals surface area contributed by atoms with Gasteiger partial charge in [0, 0.05) is 26.1 Å². The first kappa shape index (κ1) is 21.6. The Hall–Kier alpha value is -2.59. The molecule has 2 aliphatic rings. The summed E-state index contributed by atoms with van der Waals surface area (Å²) in [7, 11) is -3.39. The summed E-state index contributed by atoms with van der Waals surface area (Å²) in [6.45, 7) is 0.849. The molecule has 0 spiro atoms. The van der Waals surface area contributed by atoms with Gasteiger partial charge in [-0.05, 0) is 37.0 Å². The van der Waals surface area contributed by atoms with Gasteiger partial charge < -0.3 is 9.88 Å². The summed E-state index contributed by atoms with van der Waals surface area (Å²) in [5.74, 6) is 0.000891. The Labute approximate surface area is 180 Å². The number of hydrogen-bond acceptors (Lipinski definition) is 5. The highest BCUT2D eigenvalue weighted by atomic mass is 32.2. The van der Waals surface area contributed by atoms with Gasteiger partial charge >= 0.3 is 0 Å². The molecule has 1 saturated heterocycles. The number of halogens is 1. The third kappa shape index (κ3) is 4.69. The van der Waals surface area contributed by atoms with Crippen molar-refractivity contribution in [3.63, 3.8) is 0 Å². The van der Waals surface area contributed by atoms with E-state index in [0.717, 1.165) is 24.7 Å². The minimum atomic E-state index is -3.39. The summed E-state index contributed by atoms with van der Waals surface area (Å²) in [6.07, 6.45) is 4.09. The molecule has 1 aromatic carbocycles. The van der Waals surface area contributed by atoms with Gasteiger partial charge in [0.15, 0.2) is 0 Å². The van der Waals surface area contributed by atoms with Crippen LogP contribution in [0.5, 0.6) is 0 Å². The Morgan fingerprint density at radius 2 is 1.97 bits per heavy atom. The summed E-state index contributed by atoms with van der Waals surface area (Å²) in [4.78, 5) is 34.9. The van der Waals surface area contributed by atoms with Gasteiger partial charge in [-0.15, -0.1) is 0 Å². The van der Waals surface area contributed by atoms with Crippen LogP contribution >= 0.6 is 0 Å². The lowest BCUT2D eigenvalue weighted by Gasteiger charge is -2.36. The van der Waals surface area contributed by atoms with Crippen LogP contribution in [0.2, 0.25) is 0 Å². The van der Waals surface area contributed by atoms with Crippen molar-refractivity contribution in [1.82, 2.24) is 19.2 Å². The van der Waals surface area contributed by atoms with Gasteiger partial charge in [0.1, 0.15) is 11.6 Å². The molecule has 3 heterocycles. The van der Waals surface area contributed by atoms with E-state index in [0.29, 0.717) is 36.5 Å². The zero-order valence-electron chi connectivity index (χ0n) is 17.3. The van der Waals surface area contributed by atoms with Crippen LogP contribution in [-0.2, 0) is 34.2 Å². The number of sulfonamides is 1. The van der Waals surface area contributed by atoms with Crippen molar-refractivity contribution < 1.29 is 17.6 Å². The average Bonchev–Trinajstić information content (AvgIpc) is 2.74. The van der Waals surface area contributed by atoms with Gasteiger partial charge in [-0.25, -0.2) is 17.8 Å². The maximum Gasteiger partial charge on any atom is 0.255 e. The zero-order valence-corrected chi connectivity index (χ0v) is 18.1. The number of aromatic nitrogens is 2. The Balaban J connectivity index is 1.58. The summed E-state index contributed by atoms with van der Waals surface area (Å²) in [5, 5.41) is 0. The number of rotatable bonds is 4. The number of benzene rings is 1. The molecule has 1 atom stereocenters. The maximum atomic E-state index is 13.2. The first-order valence-electron chi connectivity index (χ1n) is 10.3. The largest absolute Gasteiger partial charge is 0.332 e. The Bertz CT molecular complexity index is 1150. The summed E-state index contributed by atoms with van der Waals surface area (Å²) in [6, 6.07) is 5.52. The van der Waals surface area contributed by atoms with Crippen molar-refractivity contribution in [2.75, 3.05) is 19.3 Å². The van der Waals surface area contributed by atoms with E-state index < -0.39 is 10.0 Å². The highest BCUT2D eigenvalue weighted by Crippen LogP contribution is 2.30. The predicted molar refractivity (Wildman–Crippen MR) is 112 cm³/mol. The van der Waals surface area contributed by atoms with Crippen molar-refractivity contribution in [3.8, 4) is 0 Å². The number of hydrogen-bond donors (Lipinski definition) is 1. The fourth-order valence-corrected chi connectivity index (χ4v) is 5.04. The average molecular weight is 449 g/mol. The molecule has 4 rings (SSSR count). The third-order valence-electron chi connectivity index (χ3n) is 5.93. The van der Waals surface area contributed by atoms with Gasteiger partial charge in [0.25, 0.3) is 5.56 Å². The number of nitrogens with zero attached hydrogens (tertiary/aromatic N) is 3. The summed E-state index contributed by atoms with van der Waals surface area (Å²) >= 11 is 0. The SMILES string of the molecule is CS(=O)(=O)N1CCc2nc([C@H]3CCCCN3C(=O)Cc3ccc(F)cc3)[nH]c(=O)c2C1. The lowest BCUT2D eigenvalue weighted by atomic mass is 9.99. The smallest absolute Gasteiger partial charge is 0.255 e. The van der Waals surface area contributed by atoms with Crippen LogP contribution in [0.3, 0.4) is 0 Å². The molecule has 8 nitrogen and oxygen atoms in total. The minimum absolute atomic E-state index is 0.00859. The molecule has 0 bridgehead atoms. The lowest BCUT2D eigenvalue weighted by Crippen LogP contribution is -2.42. The van der Waals surface area contributed by atoms with Gasteiger partial charge in [0.05, 0.1) is 30.0 Å². The topological polar surface area (TPSA) is 103 Å². The molecular formula is C21H25FN4O4S. The first-order chi connectivity index (χ1) is 14.7. The molecule has 10 heteroatoms. The zero-order chi connectivity index (χ0) is 22.2. The number of likely N-dealkylation sites (tertiary alicyclic amines) is 1. The minimum Gasteiger partial charge on any atom is -0.332 e. The molecular weight excluding hydrogens is 423 g/mol. The Morgan fingerprint density at radius 3 is 2.68 bits per heavy atom. The van der Waals surface area contributed by atoms with Crippen LogP contribution in [0.25, 0.3) is 0 Å². The first-order valence-corrected chi connectivity index (χ1v) is 12.2. The van der Waals surface area contributed by atoms with E-state index in [1.165, 1.54) is 16.4 Å². The second kappa shape index (κ2) is 8.51. The van der Waals surface area contributed by atoms with Crippen LogP contribution in [0, 0.1) is 5.82 Å². The van der Waals surface area contributed by atoms with E-state index in [1.54, 1.807) is 17.0 Å². The van der Waals surface area contributed by atoms with E-state index in [4.69, 9.17) is 0 Å². The fourth-order valence-electron chi connectivity index (χ4n) is 4.25. The molecule has 1 fully saturated rings. The van der Waals surface area contributed by atoms with Crippen LogP contribution < -0.4 is 5.56 Å². The molecule has 0 aliphatic carbocycles. The molecule has 1 N–H and O–H groups in total. The number of carbonyl (C=O) groups excluding carboxylic acids is 1. The lowest BCUT2D eigenvalue weighted by molar-refractivity contribution is -0.134. The van der Waals surface area contributed by atoms with E-state index in [1.807, 2.05) is 0 Å². The molecule has 2 aromatic rings. The highest BCUT2D eigenvalue weighted by molar-refractivity contribution is 7.88. The maximum absolute atomic E-state index is 13.2. The Kier molecular flexibility index (Phi) is 5.94. The number of fused-ring (bicyclic) bond motifs is 1. The standard InChI is InChI=1S/C21H25FN4O4S/c1-31(29,30)25-11-9-17-16(13-25)21(28)24-20(23-17)18-4-2-3-10-26(18)19(27)12-14-5-7-15(22)8-6-14/h5-8,18H,2-4,9-13H2,1H3,(H,23,24,28)/t18-/m1/s1. The molecule has 0 radical (unpaired) electrons. The Morgan fingerprint density at radius 1 is 1.23 bits per heavy atom. The number of piperidine rings is 1. The molecule has 1 aromatic heterocycles. The van der Waals surface area contributed by atoms with E-state index in [9.17, 15) is 22.4 Å². The van der Waals surface area contributed by atoms with Crippen molar-refractivity contribution in [2.24, 2.45) is 0 Å². The molecule has 0 unspecified atom stereocenters. The van der Waals surface area contributed by atoms with Gasteiger partial charge in [0.2, 0.25) is 15.9 Å². The van der Waals surface area contributed by atoms with E-state index in [2.05, 4.69) is 9.97 Å². The van der Waals surface area contributed by atoms with Crippen molar-refractivity contribution in [2.45, 2.75) is 44.7 Å². The molecule has 166 valence electrons. The van der Waals surface area contributed by atoms with Crippen LogP contribution in [0.4, 0.5) is 4.39 Å². The molecule has 2 aliphatic heterocycles. The van der Waals surface area contributed by atoms with Crippen molar-refractivity contribution in [3.05, 3.63) is 63.1 Å². The van der Waals surface area contributed by atoms with E-state index >= 15 is 0 Å². The van der Waals surface area contributed by atoms with Crippen LogP contribution in [0.15, 0.2) is 29.1 Å². The van der Waals surface area contributed by atoms with Crippen molar-refractivity contribution >= 4 is 15.9 Å². The monoisotopic (exact) mass is 448 g/mol. The van der Waals surface area contributed by atoms with Gasteiger partial charge in [-0.1, -0.05) is 12.1 Å². The molecule has 0 saturated carbocycles. The summed E-state index contributed by atoms with van der Waals surface area (Å²) < 4.78 is 38.1. The number of carbonyl (C=O) groups is 1. The number of H-pyrrole nitrogens is 1. The number of aromatic amines is 1. The van der Waals surface area contributed by atoms with Crippen LogP contribution in [-0.4, -0.2) is 52.8 Å². The second-order valence-electron chi connectivity index (χ2n) is 8.12. The highest BCUT2D eigenvalue weighted by Gasteiger charge is 2.32. The fraction of sp³-hybridized carbons (Fsp3) is 0.476. The van der Waals surface area contributed by atoms with E-state index in [-0.39, 0.29) is 42.8 Å². The molecule has 1 amide bonds. The quantitative estimate of drug-likeness (QED) is 0.764. The normalized spacial score (nSPS) is 19.8.